The van der Waals surface area contributed by atoms with Crippen molar-refractivity contribution < 1.29 is 26.3 Å². The number of hydrogen-bond donors (Lipinski definition) is 1. The number of aryl methyl sites for hydroxylation is 1. The normalized spacial score (nSPS) is 12.2. The van der Waals surface area contributed by atoms with Crippen LogP contribution in [0.2, 0.25) is 0 Å². The number of aromatic nitrogens is 4. The highest BCUT2D eigenvalue weighted by molar-refractivity contribution is 7.92. The van der Waals surface area contributed by atoms with E-state index in [-0.39, 0.29) is 10.8 Å². The van der Waals surface area contributed by atoms with E-state index >= 15 is 0 Å². The summed E-state index contributed by atoms with van der Waals surface area (Å²) >= 11 is 0. The van der Waals surface area contributed by atoms with Crippen molar-refractivity contribution in [2.45, 2.75) is 11.1 Å². The van der Waals surface area contributed by atoms with Gasteiger partial charge < -0.3 is 4.74 Å². The summed E-state index contributed by atoms with van der Waals surface area (Å²) in [6.07, 6.45) is -3.48. The molecule has 0 aliphatic carbocycles. The fourth-order valence-electron chi connectivity index (χ4n) is 1.50. The second kappa shape index (κ2) is 5.44. The van der Waals surface area contributed by atoms with Crippen molar-refractivity contribution in [1.82, 2.24) is 19.7 Å². The third-order valence-corrected chi connectivity index (χ3v) is 3.80. The van der Waals surface area contributed by atoms with Crippen LogP contribution in [0.3, 0.4) is 0 Å². The molecule has 1 N–H and O–H groups in total. The van der Waals surface area contributed by atoms with Crippen LogP contribution in [-0.2, 0) is 23.2 Å². The number of halogens is 3. The average Bonchev–Trinajstić information content (AvgIpc) is 2.79. The fraction of sp³-hybridized carbons (Fsp3) is 0.300. The van der Waals surface area contributed by atoms with Crippen LogP contribution in [0.1, 0.15) is 5.82 Å². The van der Waals surface area contributed by atoms with Crippen molar-refractivity contribution in [3.8, 4) is 5.88 Å². The summed E-state index contributed by atoms with van der Waals surface area (Å²) in [6, 6.07) is 2.53. The van der Waals surface area contributed by atoms with Crippen LogP contribution in [0, 0.1) is 0 Å². The Kier molecular flexibility index (Phi) is 3.96. The van der Waals surface area contributed by atoms with Crippen molar-refractivity contribution in [3.05, 3.63) is 24.2 Å². The Morgan fingerprint density at radius 3 is 2.59 bits per heavy atom. The molecule has 22 heavy (non-hydrogen) atoms. The highest BCUT2D eigenvalue weighted by Crippen LogP contribution is 2.28. The summed E-state index contributed by atoms with van der Waals surface area (Å²) in [7, 11) is -1.90. The molecule has 0 saturated carbocycles. The molecular weight excluding hydrogens is 327 g/mol. The third kappa shape index (κ3) is 3.10. The maximum absolute atomic E-state index is 12.5. The van der Waals surface area contributed by atoms with E-state index in [2.05, 4.69) is 15.1 Å². The van der Waals surface area contributed by atoms with Gasteiger partial charge in [-0.2, -0.15) is 18.2 Å². The van der Waals surface area contributed by atoms with Crippen LogP contribution in [0.4, 0.5) is 19.1 Å². The number of methoxy groups -OCH3 is 1. The molecule has 120 valence electrons. The van der Waals surface area contributed by atoms with Gasteiger partial charge in [-0.15, -0.1) is 5.10 Å². The molecule has 2 rings (SSSR count). The fourth-order valence-corrected chi connectivity index (χ4v) is 2.65. The summed E-state index contributed by atoms with van der Waals surface area (Å²) in [6.45, 7) is 0. The molecule has 0 saturated heterocycles. The Morgan fingerprint density at radius 2 is 2.05 bits per heavy atom. The van der Waals surface area contributed by atoms with Crippen LogP contribution < -0.4 is 9.46 Å². The molecule has 0 radical (unpaired) electrons. The van der Waals surface area contributed by atoms with E-state index in [1.54, 1.807) is 0 Å². The second-order valence-electron chi connectivity index (χ2n) is 4.00. The van der Waals surface area contributed by atoms with Crippen molar-refractivity contribution in [3.63, 3.8) is 0 Å². The molecule has 12 heteroatoms. The molecule has 0 aliphatic rings. The number of nitrogens with one attached hydrogen (secondary N) is 1. The van der Waals surface area contributed by atoms with Gasteiger partial charge in [0.05, 0.1) is 7.11 Å². The van der Waals surface area contributed by atoms with Gasteiger partial charge in [-0.1, -0.05) is 0 Å². The quantitative estimate of drug-likeness (QED) is 0.895. The molecule has 2 aromatic heterocycles. The van der Waals surface area contributed by atoms with Crippen molar-refractivity contribution in [2.75, 3.05) is 11.8 Å². The lowest BCUT2D eigenvalue weighted by molar-refractivity contribution is -0.144. The van der Waals surface area contributed by atoms with Gasteiger partial charge in [0.15, 0.2) is 0 Å². The zero-order valence-electron chi connectivity index (χ0n) is 11.3. The van der Waals surface area contributed by atoms with E-state index in [0.717, 1.165) is 7.05 Å². The summed E-state index contributed by atoms with van der Waals surface area (Å²) in [5.74, 6) is -2.24. The van der Waals surface area contributed by atoms with Crippen LogP contribution in [0.5, 0.6) is 5.88 Å². The maximum atomic E-state index is 12.5. The molecule has 0 aliphatic heterocycles. The van der Waals surface area contributed by atoms with Gasteiger partial charge in [-0.25, -0.2) is 22.8 Å². The maximum Gasteiger partial charge on any atom is 0.453 e. The Balaban J connectivity index is 2.40. The highest BCUT2D eigenvalue weighted by atomic mass is 32.2. The van der Waals surface area contributed by atoms with Crippen LogP contribution in [-0.4, -0.2) is 35.3 Å². The minimum atomic E-state index is -4.78. The number of pyridine rings is 1. The molecule has 0 spiro atoms. The predicted octanol–water partition coefficient (Wildman–Crippen LogP) is 1.04. The monoisotopic (exact) mass is 337 g/mol. The van der Waals surface area contributed by atoms with Gasteiger partial charge in [0.2, 0.25) is 11.8 Å². The molecule has 0 bridgehead atoms. The number of rotatable bonds is 4. The van der Waals surface area contributed by atoms with Crippen molar-refractivity contribution in [2.24, 2.45) is 7.05 Å². The molecule has 0 amide bonds. The number of alkyl halides is 3. The summed E-state index contributed by atoms with van der Waals surface area (Å²) in [5.41, 5.74) is 0. The molecule has 2 heterocycles. The third-order valence-electron chi connectivity index (χ3n) is 2.46. The lowest BCUT2D eigenvalue weighted by Crippen LogP contribution is -2.17. The molecule has 0 atom stereocenters. The number of ether oxygens (including phenoxy) is 1. The zero-order chi connectivity index (χ0) is 16.5. The first-order valence-electron chi connectivity index (χ1n) is 5.65. The summed E-state index contributed by atoms with van der Waals surface area (Å²) in [4.78, 5) is 6.49. The number of nitrogens with zero attached hydrogens (tertiary/aromatic N) is 4. The van der Waals surface area contributed by atoms with Crippen molar-refractivity contribution >= 4 is 16.0 Å². The Labute approximate surface area is 123 Å². The lowest BCUT2D eigenvalue weighted by Gasteiger charge is -2.09. The number of anilines is 1. The van der Waals surface area contributed by atoms with Gasteiger partial charge in [0, 0.05) is 13.2 Å². The first kappa shape index (κ1) is 16.0. The van der Waals surface area contributed by atoms with Gasteiger partial charge in [-0.05, 0) is 12.1 Å². The smallest absolute Gasteiger partial charge is 0.453 e. The topological polar surface area (TPSA) is 99.0 Å². The Bertz CT molecular complexity index is 787. The van der Waals surface area contributed by atoms with Crippen LogP contribution >= 0.6 is 0 Å². The first-order chi connectivity index (χ1) is 10.1. The van der Waals surface area contributed by atoms with E-state index < -0.39 is 28.0 Å². The van der Waals surface area contributed by atoms with Gasteiger partial charge >= 0.3 is 6.18 Å². The van der Waals surface area contributed by atoms with Crippen LogP contribution in [0.25, 0.3) is 0 Å². The van der Waals surface area contributed by atoms with Gasteiger partial charge in [0.25, 0.3) is 15.8 Å². The van der Waals surface area contributed by atoms with E-state index in [4.69, 9.17) is 4.74 Å². The van der Waals surface area contributed by atoms with Crippen molar-refractivity contribution in [1.29, 1.82) is 0 Å². The largest absolute Gasteiger partial charge is 0.480 e. The van der Waals surface area contributed by atoms with E-state index in [9.17, 15) is 21.6 Å². The SMILES string of the molecule is COc1ncccc1S(=O)(=O)Nc1nc(C(F)(F)F)nn1C. The minimum Gasteiger partial charge on any atom is -0.480 e. The Morgan fingerprint density at radius 1 is 1.36 bits per heavy atom. The lowest BCUT2D eigenvalue weighted by atomic mass is 10.5. The zero-order valence-corrected chi connectivity index (χ0v) is 12.1. The minimum absolute atomic E-state index is 0.201. The van der Waals surface area contributed by atoms with Crippen LogP contribution in [0.15, 0.2) is 23.2 Å². The summed E-state index contributed by atoms with van der Waals surface area (Å²) < 4.78 is 69.3. The second-order valence-corrected chi connectivity index (χ2v) is 5.65. The molecule has 0 aromatic carbocycles. The first-order valence-corrected chi connectivity index (χ1v) is 7.13. The van der Waals surface area contributed by atoms with Gasteiger partial charge in [0.1, 0.15) is 4.90 Å². The molecule has 0 unspecified atom stereocenters. The highest BCUT2D eigenvalue weighted by Gasteiger charge is 2.37. The Hall–Kier alpha value is -2.37. The summed E-state index contributed by atoms with van der Waals surface area (Å²) in [5, 5.41) is 3.11. The van der Waals surface area contributed by atoms with Gasteiger partial charge in [-0.3, -0.25) is 0 Å². The molecule has 8 nitrogen and oxygen atoms in total. The number of sulfonamides is 1. The average molecular weight is 337 g/mol. The number of hydrogen-bond acceptors (Lipinski definition) is 6. The van der Waals surface area contributed by atoms with E-state index in [0.29, 0.717) is 4.68 Å². The molecular formula is C10H10F3N5O3S. The predicted molar refractivity (Wildman–Crippen MR) is 67.6 cm³/mol. The van der Waals surface area contributed by atoms with E-state index in [1.807, 2.05) is 4.72 Å². The standard InChI is InChI=1S/C10H10F3N5O3S/c1-18-9(15-8(16-18)10(11,12)13)17-22(19,20)6-4-3-5-14-7(6)21-2/h3-5H,1-2H3,(H,15,16,17). The van der Waals surface area contributed by atoms with E-state index in [1.165, 1.54) is 25.4 Å². The molecule has 0 fully saturated rings. The molecule has 2 aromatic rings.